The first-order valence-electron chi connectivity index (χ1n) is 5.60. The molecule has 0 saturated carbocycles. The number of pyridine rings is 1. The summed E-state index contributed by atoms with van der Waals surface area (Å²) >= 11 is 1.99. The lowest BCUT2D eigenvalue weighted by atomic mass is 10.0. The van der Waals surface area contributed by atoms with Crippen LogP contribution in [0.3, 0.4) is 0 Å². The molecule has 0 unspecified atom stereocenters. The van der Waals surface area contributed by atoms with Crippen LogP contribution >= 0.6 is 11.8 Å². The molecule has 1 aromatic carbocycles. The molecule has 2 N–H and O–H groups in total. The van der Waals surface area contributed by atoms with E-state index in [1.165, 1.54) is 11.3 Å². The van der Waals surface area contributed by atoms with Crippen molar-refractivity contribution in [1.29, 1.82) is 0 Å². The summed E-state index contributed by atoms with van der Waals surface area (Å²) in [7, 11) is 0. The van der Waals surface area contributed by atoms with Gasteiger partial charge in [0.25, 0.3) is 0 Å². The van der Waals surface area contributed by atoms with Crippen molar-refractivity contribution in [2.45, 2.75) is 12.8 Å². The van der Waals surface area contributed by atoms with Crippen molar-refractivity contribution in [2.75, 3.05) is 17.2 Å². The van der Waals surface area contributed by atoms with Gasteiger partial charge in [0.2, 0.25) is 0 Å². The van der Waals surface area contributed by atoms with Crippen LogP contribution in [0, 0.1) is 0 Å². The minimum atomic E-state index is 0.947. The average Bonchev–Trinajstić information content (AvgIpc) is 2.55. The molecule has 0 spiro atoms. The Morgan fingerprint density at radius 1 is 1.12 bits per heavy atom. The molecule has 1 aromatic heterocycles. The van der Waals surface area contributed by atoms with E-state index >= 15 is 0 Å². The fourth-order valence-corrected chi connectivity index (χ4v) is 3.15. The number of aryl methyl sites for hydroxylation is 1. The van der Waals surface area contributed by atoms with Crippen LogP contribution in [0.4, 0.5) is 5.69 Å². The van der Waals surface area contributed by atoms with Crippen LogP contribution in [0.2, 0.25) is 0 Å². The van der Waals surface area contributed by atoms with Crippen molar-refractivity contribution in [3.05, 3.63) is 35.5 Å². The Labute approximate surface area is 99.2 Å². The number of fused-ring (bicyclic) bond motifs is 2. The molecule has 0 saturated heterocycles. The zero-order valence-corrected chi connectivity index (χ0v) is 9.89. The number of nitrogen functional groups attached to an aromatic ring is 1. The summed E-state index contributed by atoms with van der Waals surface area (Å²) in [4.78, 5) is 4.74. The highest BCUT2D eigenvalue weighted by Gasteiger charge is 2.14. The summed E-state index contributed by atoms with van der Waals surface area (Å²) in [5.41, 5.74) is 10.7. The largest absolute Gasteiger partial charge is 0.398 e. The predicted molar refractivity (Wildman–Crippen MR) is 70.9 cm³/mol. The second kappa shape index (κ2) is 3.98. The van der Waals surface area contributed by atoms with Crippen LogP contribution in [0.15, 0.2) is 24.3 Å². The summed E-state index contributed by atoms with van der Waals surface area (Å²) in [5, 5.41) is 1.10. The van der Waals surface area contributed by atoms with Crippen LogP contribution in [-0.4, -0.2) is 16.5 Å². The molecule has 0 fully saturated rings. The topological polar surface area (TPSA) is 38.9 Å². The fourth-order valence-electron chi connectivity index (χ4n) is 2.26. The van der Waals surface area contributed by atoms with Crippen LogP contribution in [0.5, 0.6) is 0 Å². The molecular weight excluding hydrogens is 216 g/mol. The third-order valence-corrected chi connectivity index (χ3v) is 4.09. The quantitative estimate of drug-likeness (QED) is 0.756. The van der Waals surface area contributed by atoms with Gasteiger partial charge in [0.1, 0.15) is 0 Å². The highest BCUT2D eigenvalue weighted by Crippen LogP contribution is 2.29. The lowest BCUT2D eigenvalue weighted by molar-refractivity contribution is 1.02. The summed E-state index contributed by atoms with van der Waals surface area (Å²) in [6, 6.07) is 8.16. The zero-order valence-electron chi connectivity index (χ0n) is 9.07. The molecule has 2 nitrogen and oxygen atoms in total. The molecule has 1 aliphatic rings. The van der Waals surface area contributed by atoms with E-state index in [0.29, 0.717) is 0 Å². The minimum absolute atomic E-state index is 0.947. The van der Waals surface area contributed by atoms with E-state index < -0.39 is 0 Å². The SMILES string of the molecule is Nc1c2c(nc3ccccc13)CCSCC2. The Morgan fingerprint density at radius 3 is 2.88 bits per heavy atom. The van der Waals surface area contributed by atoms with E-state index in [1.807, 2.05) is 30.0 Å². The number of para-hydroxylation sites is 1. The second-order valence-electron chi connectivity index (χ2n) is 4.08. The number of hydrogen-bond acceptors (Lipinski definition) is 3. The molecule has 0 radical (unpaired) electrons. The van der Waals surface area contributed by atoms with Gasteiger partial charge in [0.15, 0.2) is 0 Å². The lowest BCUT2D eigenvalue weighted by Gasteiger charge is -2.11. The van der Waals surface area contributed by atoms with Gasteiger partial charge in [-0.15, -0.1) is 0 Å². The van der Waals surface area contributed by atoms with Gasteiger partial charge in [-0.1, -0.05) is 18.2 Å². The van der Waals surface area contributed by atoms with Crippen molar-refractivity contribution in [1.82, 2.24) is 4.98 Å². The Morgan fingerprint density at radius 2 is 1.94 bits per heavy atom. The number of nitrogens with two attached hydrogens (primary N) is 1. The zero-order chi connectivity index (χ0) is 11.0. The first-order chi connectivity index (χ1) is 7.86. The number of hydrogen-bond donors (Lipinski definition) is 1. The molecule has 3 rings (SSSR count). The smallest absolute Gasteiger partial charge is 0.0726 e. The van der Waals surface area contributed by atoms with Gasteiger partial charge in [-0.2, -0.15) is 11.8 Å². The molecule has 1 aliphatic heterocycles. The normalized spacial score (nSPS) is 15.8. The maximum atomic E-state index is 6.26. The van der Waals surface area contributed by atoms with Crippen molar-refractivity contribution >= 4 is 28.4 Å². The number of thioether (sulfide) groups is 1. The van der Waals surface area contributed by atoms with Gasteiger partial charge in [0, 0.05) is 16.8 Å². The van der Waals surface area contributed by atoms with Crippen molar-refractivity contribution < 1.29 is 0 Å². The van der Waals surface area contributed by atoms with Crippen LogP contribution < -0.4 is 5.73 Å². The third kappa shape index (κ3) is 1.55. The Hall–Kier alpha value is -1.22. The highest BCUT2D eigenvalue weighted by molar-refractivity contribution is 7.99. The second-order valence-corrected chi connectivity index (χ2v) is 5.30. The van der Waals surface area contributed by atoms with E-state index in [2.05, 4.69) is 6.07 Å². The first-order valence-corrected chi connectivity index (χ1v) is 6.75. The van der Waals surface area contributed by atoms with Crippen molar-refractivity contribution in [3.8, 4) is 0 Å². The Kier molecular flexibility index (Phi) is 2.48. The van der Waals surface area contributed by atoms with Crippen LogP contribution in [0.1, 0.15) is 11.3 Å². The van der Waals surface area contributed by atoms with Gasteiger partial charge in [-0.05, 0) is 36.0 Å². The number of aromatic nitrogens is 1. The van der Waals surface area contributed by atoms with E-state index in [9.17, 15) is 0 Å². The monoisotopic (exact) mass is 230 g/mol. The number of nitrogens with zero attached hydrogens (tertiary/aromatic N) is 1. The van der Waals surface area contributed by atoms with E-state index in [-0.39, 0.29) is 0 Å². The maximum absolute atomic E-state index is 6.26. The standard InChI is InChI=1S/C13H14N2S/c14-13-9-3-1-2-4-11(9)15-12-6-8-16-7-5-10(12)13/h1-4H,5-8H2,(H2,14,15). The fraction of sp³-hybridized carbons (Fsp3) is 0.308. The first kappa shape index (κ1) is 9.97. The maximum Gasteiger partial charge on any atom is 0.0726 e. The van der Waals surface area contributed by atoms with Crippen LogP contribution in [-0.2, 0) is 12.8 Å². The summed E-state index contributed by atoms with van der Waals surface area (Å²) in [6.07, 6.45) is 2.11. The molecule has 16 heavy (non-hydrogen) atoms. The summed E-state index contributed by atoms with van der Waals surface area (Å²) in [6.45, 7) is 0. The van der Waals surface area contributed by atoms with Gasteiger partial charge in [0.05, 0.1) is 5.52 Å². The van der Waals surface area contributed by atoms with Gasteiger partial charge in [-0.3, -0.25) is 4.98 Å². The lowest BCUT2D eigenvalue weighted by Crippen LogP contribution is -2.04. The summed E-state index contributed by atoms with van der Waals surface area (Å²) in [5.74, 6) is 2.33. The van der Waals surface area contributed by atoms with Crippen molar-refractivity contribution in [2.24, 2.45) is 0 Å². The predicted octanol–water partition coefficient (Wildman–Crippen LogP) is 2.65. The molecule has 2 heterocycles. The number of benzene rings is 1. The van der Waals surface area contributed by atoms with Crippen LogP contribution in [0.25, 0.3) is 10.9 Å². The number of anilines is 1. The molecular formula is C13H14N2S. The van der Waals surface area contributed by atoms with Gasteiger partial charge >= 0.3 is 0 Å². The average molecular weight is 230 g/mol. The Bertz CT molecular complexity index is 537. The third-order valence-electron chi connectivity index (χ3n) is 3.10. The molecule has 82 valence electrons. The highest BCUT2D eigenvalue weighted by atomic mass is 32.2. The van der Waals surface area contributed by atoms with Gasteiger partial charge < -0.3 is 5.73 Å². The van der Waals surface area contributed by atoms with Gasteiger partial charge in [-0.25, -0.2) is 0 Å². The van der Waals surface area contributed by atoms with E-state index in [4.69, 9.17) is 10.7 Å². The summed E-state index contributed by atoms with van der Waals surface area (Å²) < 4.78 is 0. The number of rotatable bonds is 0. The molecule has 0 atom stereocenters. The molecule has 3 heteroatoms. The van der Waals surface area contributed by atoms with E-state index in [0.717, 1.165) is 40.9 Å². The molecule has 0 bridgehead atoms. The van der Waals surface area contributed by atoms with Crippen molar-refractivity contribution in [3.63, 3.8) is 0 Å². The Balaban J connectivity index is 2.29. The molecule has 0 aliphatic carbocycles. The molecule has 0 amide bonds. The molecule has 2 aromatic rings. The minimum Gasteiger partial charge on any atom is -0.398 e. The van der Waals surface area contributed by atoms with E-state index in [1.54, 1.807) is 0 Å².